The quantitative estimate of drug-likeness (QED) is 0.621. The van der Waals surface area contributed by atoms with E-state index in [4.69, 9.17) is 0 Å². The van der Waals surface area contributed by atoms with E-state index in [0.29, 0.717) is 0 Å². The van der Waals surface area contributed by atoms with Crippen LogP contribution in [0.3, 0.4) is 0 Å². The lowest BCUT2D eigenvalue weighted by atomic mass is 10.0. The molecule has 0 aromatic rings. The molecule has 2 unspecified atom stereocenters. The van der Waals surface area contributed by atoms with E-state index in [1.807, 2.05) is 6.92 Å². The third-order valence-corrected chi connectivity index (χ3v) is 3.19. The fraction of sp³-hybridized carbons (Fsp3) is 0.818. The van der Waals surface area contributed by atoms with Crippen molar-refractivity contribution in [2.45, 2.75) is 13.3 Å². The molecule has 72 valence electrons. The van der Waals surface area contributed by atoms with Crippen molar-refractivity contribution >= 4 is 0 Å². The van der Waals surface area contributed by atoms with E-state index in [1.54, 1.807) is 0 Å². The minimum Gasteiger partial charge on any atom is -0.316 e. The highest BCUT2D eigenvalue weighted by molar-refractivity contribution is 4.97. The van der Waals surface area contributed by atoms with Gasteiger partial charge in [-0.05, 0) is 31.8 Å². The molecule has 2 saturated heterocycles. The Hall–Kier alpha value is -0.520. The molecule has 13 heavy (non-hydrogen) atoms. The number of hydrogen-bond acceptors (Lipinski definition) is 2. The van der Waals surface area contributed by atoms with Crippen LogP contribution in [0.15, 0.2) is 0 Å². The molecule has 1 N–H and O–H groups in total. The molecule has 2 aliphatic heterocycles. The molecule has 0 aliphatic carbocycles. The molecule has 2 heteroatoms. The Labute approximate surface area is 80.7 Å². The Morgan fingerprint density at radius 3 is 2.62 bits per heavy atom. The zero-order chi connectivity index (χ0) is 9.10. The normalized spacial score (nSPS) is 32.7. The van der Waals surface area contributed by atoms with E-state index >= 15 is 0 Å². The third-order valence-electron chi connectivity index (χ3n) is 3.19. The lowest BCUT2D eigenvalue weighted by Crippen LogP contribution is -2.26. The number of likely N-dealkylation sites (tertiary alicyclic amines) is 1. The monoisotopic (exact) mass is 178 g/mol. The molecule has 2 heterocycles. The summed E-state index contributed by atoms with van der Waals surface area (Å²) in [6.07, 6.45) is 1.05. The molecule has 0 aromatic carbocycles. The van der Waals surface area contributed by atoms with Crippen molar-refractivity contribution in [1.82, 2.24) is 10.2 Å². The molecule has 2 atom stereocenters. The maximum absolute atomic E-state index is 3.46. The summed E-state index contributed by atoms with van der Waals surface area (Å²) in [6.45, 7) is 8.16. The van der Waals surface area contributed by atoms with E-state index in [1.165, 1.54) is 32.7 Å². The minimum atomic E-state index is 0.926. The Bertz CT molecular complexity index is 214. The number of nitrogens with one attached hydrogen (secondary N) is 1. The molecule has 0 spiro atoms. The first kappa shape index (κ1) is 9.05. The summed E-state index contributed by atoms with van der Waals surface area (Å²) >= 11 is 0. The van der Waals surface area contributed by atoms with Gasteiger partial charge in [-0.2, -0.15) is 0 Å². The van der Waals surface area contributed by atoms with Gasteiger partial charge in [-0.25, -0.2) is 0 Å². The molecular formula is C11H18N2. The third kappa shape index (κ3) is 2.04. The van der Waals surface area contributed by atoms with Crippen LogP contribution in [0.4, 0.5) is 0 Å². The summed E-state index contributed by atoms with van der Waals surface area (Å²) in [5.41, 5.74) is 0. The maximum atomic E-state index is 3.46. The Balaban J connectivity index is 1.74. The second kappa shape index (κ2) is 4.13. The maximum Gasteiger partial charge on any atom is 0.0216 e. The summed E-state index contributed by atoms with van der Waals surface area (Å²) in [5.74, 6) is 7.94. The van der Waals surface area contributed by atoms with Crippen molar-refractivity contribution < 1.29 is 0 Å². The molecule has 0 aromatic heterocycles. The van der Waals surface area contributed by atoms with E-state index in [-0.39, 0.29) is 0 Å². The smallest absolute Gasteiger partial charge is 0.0216 e. The van der Waals surface area contributed by atoms with Gasteiger partial charge in [0.15, 0.2) is 0 Å². The molecule has 0 bridgehead atoms. The van der Waals surface area contributed by atoms with Crippen LogP contribution in [0.1, 0.15) is 13.3 Å². The number of rotatable bonds is 2. The van der Waals surface area contributed by atoms with Crippen LogP contribution in [-0.2, 0) is 0 Å². The van der Waals surface area contributed by atoms with Gasteiger partial charge in [0.25, 0.3) is 0 Å². The standard InChI is InChI=1S/C11H18N2/c1-2-3-4-5-13-8-10-6-12-7-11(10)9-13/h10-12H,4-9H2,1H3. The van der Waals surface area contributed by atoms with Crippen LogP contribution in [0.5, 0.6) is 0 Å². The fourth-order valence-electron chi connectivity index (χ4n) is 2.47. The summed E-state index contributed by atoms with van der Waals surface area (Å²) in [5, 5.41) is 3.46. The molecule has 2 aliphatic rings. The molecule has 0 amide bonds. The Morgan fingerprint density at radius 1 is 1.31 bits per heavy atom. The summed E-state index contributed by atoms with van der Waals surface area (Å²) < 4.78 is 0. The molecule has 0 saturated carbocycles. The number of fused-ring (bicyclic) bond motifs is 1. The highest BCUT2D eigenvalue weighted by atomic mass is 15.2. The highest BCUT2D eigenvalue weighted by Crippen LogP contribution is 2.25. The lowest BCUT2D eigenvalue weighted by molar-refractivity contribution is 0.321. The number of hydrogen-bond donors (Lipinski definition) is 1. The van der Waals surface area contributed by atoms with Crippen molar-refractivity contribution in [3.63, 3.8) is 0 Å². The van der Waals surface area contributed by atoms with Crippen LogP contribution < -0.4 is 5.32 Å². The Morgan fingerprint density at radius 2 is 2.00 bits per heavy atom. The SMILES string of the molecule is CC#CCCN1CC2CNCC2C1. The van der Waals surface area contributed by atoms with Gasteiger partial charge < -0.3 is 10.2 Å². The van der Waals surface area contributed by atoms with Crippen LogP contribution in [0, 0.1) is 23.7 Å². The van der Waals surface area contributed by atoms with Gasteiger partial charge in [0, 0.05) is 26.1 Å². The lowest BCUT2D eigenvalue weighted by Gasteiger charge is -2.14. The van der Waals surface area contributed by atoms with Crippen molar-refractivity contribution in [2.24, 2.45) is 11.8 Å². The largest absolute Gasteiger partial charge is 0.316 e. The van der Waals surface area contributed by atoms with E-state index < -0.39 is 0 Å². The number of nitrogens with zero attached hydrogens (tertiary/aromatic N) is 1. The zero-order valence-corrected chi connectivity index (χ0v) is 8.34. The van der Waals surface area contributed by atoms with Gasteiger partial charge in [-0.3, -0.25) is 0 Å². The second-order valence-electron chi connectivity index (χ2n) is 4.11. The van der Waals surface area contributed by atoms with Gasteiger partial charge in [0.2, 0.25) is 0 Å². The summed E-state index contributed by atoms with van der Waals surface area (Å²) in [7, 11) is 0. The van der Waals surface area contributed by atoms with Crippen LogP contribution in [0.25, 0.3) is 0 Å². The van der Waals surface area contributed by atoms with E-state index in [2.05, 4.69) is 22.1 Å². The molecular weight excluding hydrogens is 160 g/mol. The fourth-order valence-corrected chi connectivity index (χ4v) is 2.47. The summed E-state index contributed by atoms with van der Waals surface area (Å²) in [6, 6.07) is 0. The van der Waals surface area contributed by atoms with Crippen LogP contribution in [-0.4, -0.2) is 37.6 Å². The van der Waals surface area contributed by atoms with Gasteiger partial charge >= 0.3 is 0 Å². The second-order valence-corrected chi connectivity index (χ2v) is 4.11. The topological polar surface area (TPSA) is 15.3 Å². The first-order valence-electron chi connectivity index (χ1n) is 5.23. The van der Waals surface area contributed by atoms with Crippen LogP contribution >= 0.6 is 0 Å². The Kier molecular flexibility index (Phi) is 2.87. The predicted octanol–water partition coefficient (Wildman–Crippen LogP) is 0.551. The van der Waals surface area contributed by atoms with Crippen LogP contribution in [0.2, 0.25) is 0 Å². The van der Waals surface area contributed by atoms with E-state index in [9.17, 15) is 0 Å². The predicted molar refractivity (Wildman–Crippen MR) is 54.4 cm³/mol. The van der Waals surface area contributed by atoms with Gasteiger partial charge in [-0.15, -0.1) is 11.8 Å². The molecule has 2 fully saturated rings. The average molecular weight is 178 g/mol. The average Bonchev–Trinajstić information content (AvgIpc) is 2.64. The van der Waals surface area contributed by atoms with Gasteiger partial charge in [0.05, 0.1) is 0 Å². The van der Waals surface area contributed by atoms with Gasteiger partial charge in [0.1, 0.15) is 0 Å². The molecule has 0 radical (unpaired) electrons. The van der Waals surface area contributed by atoms with Gasteiger partial charge in [-0.1, -0.05) is 0 Å². The first-order chi connectivity index (χ1) is 6.40. The molecule has 2 nitrogen and oxygen atoms in total. The van der Waals surface area contributed by atoms with Crippen molar-refractivity contribution in [1.29, 1.82) is 0 Å². The first-order valence-corrected chi connectivity index (χ1v) is 5.23. The highest BCUT2D eigenvalue weighted by Gasteiger charge is 2.35. The molecule has 2 rings (SSSR count). The summed E-state index contributed by atoms with van der Waals surface area (Å²) in [4.78, 5) is 2.57. The minimum absolute atomic E-state index is 0.926. The zero-order valence-electron chi connectivity index (χ0n) is 8.34. The van der Waals surface area contributed by atoms with Crippen molar-refractivity contribution in [3.8, 4) is 11.8 Å². The van der Waals surface area contributed by atoms with E-state index in [0.717, 1.165) is 18.3 Å². The van der Waals surface area contributed by atoms with Crippen molar-refractivity contribution in [3.05, 3.63) is 0 Å². The van der Waals surface area contributed by atoms with Crippen molar-refractivity contribution in [2.75, 3.05) is 32.7 Å².